The first-order valence-corrected chi connectivity index (χ1v) is 6.53. The van der Waals surface area contributed by atoms with Gasteiger partial charge in [0.25, 0.3) is 0 Å². The molecule has 1 aromatic heterocycles. The Labute approximate surface area is 115 Å². The molecule has 0 amide bonds. The summed E-state index contributed by atoms with van der Waals surface area (Å²) in [6.45, 7) is 2.82. The van der Waals surface area contributed by atoms with Crippen LogP contribution in [0.3, 0.4) is 0 Å². The first-order chi connectivity index (χ1) is 8.70. The smallest absolute Gasteiger partial charge is 0.142 e. The highest BCUT2D eigenvalue weighted by atomic mass is 79.9. The first-order valence-electron chi connectivity index (χ1n) is 5.73. The van der Waals surface area contributed by atoms with E-state index >= 15 is 0 Å². The summed E-state index contributed by atoms with van der Waals surface area (Å²) in [6, 6.07) is 11.8. The van der Waals surface area contributed by atoms with Crippen LogP contribution in [0.2, 0.25) is 0 Å². The summed E-state index contributed by atoms with van der Waals surface area (Å²) in [6.07, 6.45) is 0. The lowest BCUT2D eigenvalue weighted by atomic mass is 10.2. The number of halogens is 1. The van der Waals surface area contributed by atoms with Crippen LogP contribution in [0.15, 0.2) is 40.9 Å². The number of nitrogens with zero attached hydrogens (tertiary/aromatic N) is 1. The Kier molecular flexibility index (Phi) is 4.33. The van der Waals surface area contributed by atoms with Crippen molar-refractivity contribution in [3.8, 4) is 5.75 Å². The average molecular weight is 307 g/mol. The molecule has 3 nitrogen and oxygen atoms in total. The van der Waals surface area contributed by atoms with Crippen molar-refractivity contribution in [2.45, 2.75) is 20.1 Å². The molecule has 94 valence electrons. The minimum Gasteiger partial charge on any atom is -0.487 e. The van der Waals surface area contributed by atoms with Crippen LogP contribution < -0.4 is 10.5 Å². The van der Waals surface area contributed by atoms with Crippen LogP contribution in [-0.2, 0) is 13.2 Å². The lowest BCUT2D eigenvalue weighted by Gasteiger charge is -2.11. The molecule has 1 heterocycles. The third-order valence-corrected chi connectivity index (χ3v) is 3.38. The zero-order valence-corrected chi connectivity index (χ0v) is 11.8. The molecular formula is C14H15BrN2O. The molecule has 2 rings (SSSR count). The third kappa shape index (κ3) is 3.09. The van der Waals surface area contributed by atoms with Crippen LogP contribution >= 0.6 is 15.9 Å². The van der Waals surface area contributed by atoms with Crippen molar-refractivity contribution in [3.63, 3.8) is 0 Å². The number of aryl methyl sites for hydroxylation is 1. The van der Waals surface area contributed by atoms with Crippen molar-refractivity contribution < 1.29 is 4.74 Å². The lowest BCUT2D eigenvalue weighted by molar-refractivity contribution is 0.300. The van der Waals surface area contributed by atoms with Crippen molar-refractivity contribution in [3.05, 3.63) is 57.8 Å². The van der Waals surface area contributed by atoms with Gasteiger partial charge in [0, 0.05) is 22.3 Å². The molecule has 0 atom stereocenters. The number of rotatable bonds is 4. The Morgan fingerprint density at radius 1 is 1.22 bits per heavy atom. The molecule has 18 heavy (non-hydrogen) atoms. The minimum atomic E-state index is 0.382. The second kappa shape index (κ2) is 5.98. The number of benzene rings is 1. The first kappa shape index (κ1) is 13.1. The fraction of sp³-hybridized carbons (Fsp3) is 0.214. The third-order valence-electron chi connectivity index (χ3n) is 2.61. The van der Waals surface area contributed by atoms with E-state index in [0.717, 1.165) is 27.2 Å². The van der Waals surface area contributed by atoms with Crippen molar-refractivity contribution in [2.75, 3.05) is 0 Å². The van der Waals surface area contributed by atoms with Crippen LogP contribution in [0.25, 0.3) is 0 Å². The summed E-state index contributed by atoms with van der Waals surface area (Å²) >= 11 is 3.50. The maximum atomic E-state index is 5.78. The van der Waals surface area contributed by atoms with Gasteiger partial charge in [0.2, 0.25) is 0 Å². The zero-order valence-electron chi connectivity index (χ0n) is 10.2. The number of pyridine rings is 1. The Morgan fingerprint density at radius 2 is 2.00 bits per heavy atom. The van der Waals surface area contributed by atoms with E-state index in [1.165, 1.54) is 0 Å². The highest BCUT2D eigenvalue weighted by molar-refractivity contribution is 9.10. The largest absolute Gasteiger partial charge is 0.487 e. The molecule has 2 N–H and O–H groups in total. The van der Waals surface area contributed by atoms with Gasteiger partial charge >= 0.3 is 0 Å². The summed E-state index contributed by atoms with van der Waals surface area (Å²) in [7, 11) is 0. The van der Waals surface area contributed by atoms with E-state index in [4.69, 9.17) is 10.5 Å². The zero-order chi connectivity index (χ0) is 13.0. The van der Waals surface area contributed by atoms with Crippen LogP contribution in [0.5, 0.6) is 5.75 Å². The summed E-state index contributed by atoms with van der Waals surface area (Å²) in [5, 5.41) is 0. The van der Waals surface area contributed by atoms with Crippen LogP contribution in [0.1, 0.15) is 17.0 Å². The average Bonchev–Trinajstić information content (AvgIpc) is 2.39. The van der Waals surface area contributed by atoms with E-state index in [2.05, 4.69) is 20.9 Å². The highest BCUT2D eigenvalue weighted by Crippen LogP contribution is 2.21. The SMILES string of the molecule is Cc1ccc(OCc2ccccc2Br)c(CN)n1. The Hall–Kier alpha value is -1.39. The Bertz CT molecular complexity index is 543. The normalized spacial score (nSPS) is 10.4. The lowest BCUT2D eigenvalue weighted by Crippen LogP contribution is -2.06. The van der Waals surface area contributed by atoms with Crippen LogP contribution in [0.4, 0.5) is 0 Å². The van der Waals surface area contributed by atoms with Crippen molar-refractivity contribution in [1.82, 2.24) is 4.98 Å². The summed E-state index contributed by atoms with van der Waals surface area (Å²) in [5.74, 6) is 0.749. The number of ether oxygens (including phenoxy) is 1. The number of hydrogen-bond donors (Lipinski definition) is 1. The van der Waals surface area contributed by atoms with E-state index in [1.54, 1.807) is 0 Å². The molecule has 0 saturated heterocycles. The molecule has 0 saturated carbocycles. The molecule has 0 bridgehead atoms. The highest BCUT2D eigenvalue weighted by Gasteiger charge is 2.05. The van der Waals surface area contributed by atoms with Gasteiger partial charge < -0.3 is 10.5 Å². The molecule has 0 unspecified atom stereocenters. The fourth-order valence-electron chi connectivity index (χ4n) is 1.65. The van der Waals surface area contributed by atoms with Crippen molar-refractivity contribution in [1.29, 1.82) is 0 Å². The topological polar surface area (TPSA) is 48.1 Å². The maximum absolute atomic E-state index is 5.78. The standard InChI is InChI=1S/C14H15BrN2O/c1-10-6-7-14(13(8-16)17-10)18-9-11-4-2-3-5-12(11)15/h2-7H,8-9,16H2,1H3. The predicted molar refractivity (Wildman–Crippen MR) is 75.3 cm³/mol. The van der Waals surface area contributed by atoms with Crippen molar-refractivity contribution >= 4 is 15.9 Å². The molecule has 0 spiro atoms. The fourth-order valence-corrected chi connectivity index (χ4v) is 2.05. The quantitative estimate of drug-likeness (QED) is 0.943. The van der Waals surface area contributed by atoms with Gasteiger partial charge in [-0.15, -0.1) is 0 Å². The van der Waals surface area contributed by atoms with E-state index in [1.807, 2.05) is 43.3 Å². The molecule has 4 heteroatoms. The molecule has 1 aromatic carbocycles. The Morgan fingerprint density at radius 3 is 2.72 bits per heavy atom. The molecule has 0 radical (unpaired) electrons. The van der Waals surface area contributed by atoms with Gasteiger partial charge in [-0.2, -0.15) is 0 Å². The van der Waals surface area contributed by atoms with E-state index < -0.39 is 0 Å². The van der Waals surface area contributed by atoms with Gasteiger partial charge in [-0.05, 0) is 25.1 Å². The maximum Gasteiger partial charge on any atom is 0.142 e. The van der Waals surface area contributed by atoms with Crippen LogP contribution in [0, 0.1) is 6.92 Å². The monoisotopic (exact) mass is 306 g/mol. The molecular weight excluding hydrogens is 292 g/mol. The molecule has 2 aromatic rings. The minimum absolute atomic E-state index is 0.382. The van der Waals surface area contributed by atoms with Gasteiger partial charge in [-0.3, -0.25) is 4.98 Å². The van der Waals surface area contributed by atoms with Gasteiger partial charge in [-0.25, -0.2) is 0 Å². The van der Waals surface area contributed by atoms with Crippen LogP contribution in [-0.4, -0.2) is 4.98 Å². The second-order valence-corrected chi connectivity index (χ2v) is 4.84. The number of nitrogens with two attached hydrogens (primary N) is 1. The molecule has 0 aliphatic heterocycles. The molecule has 0 aliphatic carbocycles. The predicted octanol–water partition coefficient (Wildman–Crippen LogP) is 3.19. The van der Waals surface area contributed by atoms with Gasteiger partial charge in [0.15, 0.2) is 0 Å². The molecule has 0 aliphatic rings. The summed E-state index contributed by atoms with van der Waals surface area (Å²) in [4.78, 5) is 4.36. The van der Waals surface area contributed by atoms with Gasteiger partial charge in [0.05, 0.1) is 5.69 Å². The summed E-state index contributed by atoms with van der Waals surface area (Å²) < 4.78 is 6.82. The second-order valence-electron chi connectivity index (χ2n) is 3.98. The number of aromatic nitrogens is 1. The number of hydrogen-bond acceptors (Lipinski definition) is 3. The van der Waals surface area contributed by atoms with Crippen molar-refractivity contribution in [2.24, 2.45) is 5.73 Å². The van der Waals surface area contributed by atoms with Gasteiger partial charge in [0.1, 0.15) is 12.4 Å². The Balaban J connectivity index is 2.13. The van der Waals surface area contributed by atoms with E-state index in [9.17, 15) is 0 Å². The van der Waals surface area contributed by atoms with E-state index in [-0.39, 0.29) is 0 Å². The molecule has 0 fully saturated rings. The van der Waals surface area contributed by atoms with Gasteiger partial charge in [-0.1, -0.05) is 34.1 Å². The van der Waals surface area contributed by atoms with E-state index in [0.29, 0.717) is 13.2 Å². The summed E-state index contributed by atoms with van der Waals surface area (Å²) in [5.41, 5.74) is 8.51.